The number of phenolic OH excluding ortho intramolecular Hbond substituents is 1. The molecule has 2 aromatic carbocycles. The molecule has 0 spiro atoms. The van der Waals surface area contributed by atoms with Gasteiger partial charge in [0.05, 0.1) is 7.11 Å². The Morgan fingerprint density at radius 3 is 2.80 bits per heavy atom. The smallest absolute Gasteiger partial charge is 0.162 e. The van der Waals surface area contributed by atoms with Crippen molar-refractivity contribution in [2.75, 3.05) is 7.11 Å². The van der Waals surface area contributed by atoms with Gasteiger partial charge in [-0.05, 0) is 45.8 Å². The molecule has 0 amide bonds. The number of carbonyl (C=O) groups is 1. The van der Waals surface area contributed by atoms with Crippen LogP contribution in [0.5, 0.6) is 17.2 Å². The van der Waals surface area contributed by atoms with Crippen molar-refractivity contribution in [3.8, 4) is 17.2 Å². The summed E-state index contributed by atoms with van der Waals surface area (Å²) in [4.78, 5) is 10.7. The third kappa shape index (κ3) is 3.30. The zero-order valence-electron chi connectivity index (χ0n) is 10.8. The number of halogens is 1. The standard InChI is InChI=1S/C15H13BrO4/c1-19-12-4-2-3-10(5-12)9-20-15-7-13(16)11(8-17)6-14(15)18/h2-8,18H,9H2,1H3. The van der Waals surface area contributed by atoms with Gasteiger partial charge < -0.3 is 14.6 Å². The van der Waals surface area contributed by atoms with Crippen LogP contribution in [0.1, 0.15) is 15.9 Å². The molecule has 0 bridgehead atoms. The topological polar surface area (TPSA) is 55.8 Å². The fourth-order valence-corrected chi connectivity index (χ4v) is 2.10. The van der Waals surface area contributed by atoms with Crippen molar-refractivity contribution >= 4 is 22.2 Å². The Balaban J connectivity index is 2.14. The van der Waals surface area contributed by atoms with Crippen molar-refractivity contribution in [3.05, 3.63) is 52.0 Å². The Bertz CT molecular complexity index is 625. The van der Waals surface area contributed by atoms with E-state index in [-0.39, 0.29) is 12.4 Å². The number of aldehydes is 1. The number of ether oxygens (including phenoxy) is 2. The van der Waals surface area contributed by atoms with Crippen molar-refractivity contribution in [3.63, 3.8) is 0 Å². The van der Waals surface area contributed by atoms with Gasteiger partial charge in [-0.3, -0.25) is 4.79 Å². The predicted molar refractivity (Wildman–Crippen MR) is 78.5 cm³/mol. The van der Waals surface area contributed by atoms with Crippen LogP contribution in [0.25, 0.3) is 0 Å². The Kier molecular flexibility index (Phi) is 4.63. The normalized spacial score (nSPS) is 10.1. The summed E-state index contributed by atoms with van der Waals surface area (Å²) in [7, 11) is 1.60. The second-order valence-electron chi connectivity index (χ2n) is 4.10. The fraction of sp³-hybridized carbons (Fsp3) is 0.133. The minimum atomic E-state index is -0.0711. The SMILES string of the molecule is COc1cccc(COc2cc(Br)c(C=O)cc2O)c1. The molecule has 2 aromatic rings. The fourth-order valence-electron chi connectivity index (χ4n) is 1.69. The third-order valence-electron chi connectivity index (χ3n) is 2.73. The molecule has 104 valence electrons. The first-order chi connectivity index (χ1) is 9.63. The van der Waals surface area contributed by atoms with Gasteiger partial charge in [-0.25, -0.2) is 0 Å². The van der Waals surface area contributed by atoms with Crippen LogP contribution in [-0.4, -0.2) is 18.5 Å². The number of hydrogen-bond donors (Lipinski definition) is 1. The summed E-state index contributed by atoms with van der Waals surface area (Å²) in [6.07, 6.45) is 0.662. The minimum Gasteiger partial charge on any atom is -0.504 e. The van der Waals surface area contributed by atoms with Crippen LogP contribution in [0.15, 0.2) is 40.9 Å². The van der Waals surface area contributed by atoms with E-state index in [2.05, 4.69) is 15.9 Å². The summed E-state index contributed by atoms with van der Waals surface area (Å²) in [6, 6.07) is 10.4. The molecular weight excluding hydrogens is 324 g/mol. The van der Waals surface area contributed by atoms with E-state index in [1.165, 1.54) is 6.07 Å². The van der Waals surface area contributed by atoms with Gasteiger partial charge in [0.1, 0.15) is 12.4 Å². The quantitative estimate of drug-likeness (QED) is 0.848. The largest absolute Gasteiger partial charge is 0.504 e. The molecule has 0 atom stereocenters. The highest BCUT2D eigenvalue weighted by atomic mass is 79.9. The average Bonchev–Trinajstić information content (AvgIpc) is 2.48. The average molecular weight is 337 g/mol. The lowest BCUT2D eigenvalue weighted by atomic mass is 10.2. The Morgan fingerprint density at radius 2 is 2.10 bits per heavy atom. The molecule has 1 N–H and O–H groups in total. The molecule has 0 aliphatic heterocycles. The summed E-state index contributed by atoms with van der Waals surface area (Å²) in [5, 5.41) is 9.80. The van der Waals surface area contributed by atoms with Gasteiger partial charge in [0.2, 0.25) is 0 Å². The first-order valence-electron chi connectivity index (χ1n) is 5.87. The first-order valence-corrected chi connectivity index (χ1v) is 6.66. The van der Waals surface area contributed by atoms with Gasteiger partial charge in [-0.15, -0.1) is 0 Å². The zero-order chi connectivity index (χ0) is 14.5. The van der Waals surface area contributed by atoms with Gasteiger partial charge in [-0.2, -0.15) is 0 Å². The summed E-state index contributed by atoms with van der Waals surface area (Å²) in [5.41, 5.74) is 1.29. The number of benzene rings is 2. The van der Waals surface area contributed by atoms with Crippen molar-refractivity contribution in [2.24, 2.45) is 0 Å². The molecule has 20 heavy (non-hydrogen) atoms. The molecule has 0 fully saturated rings. The molecular formula is C15H13BrO4. The molecule has 0 saturated heterocycles. The predicted octanol–water partition coefficient (Wildman–Crippen LogP) is 3.55. The van der Waals surface area contributed by atoms with Gasteiger partial charge in [0.25, 0.3) is 0 Å². The van der Waals surface area contributed by atoms with Crippen LogP contribution in [0.3, 0.4) is 0 Å². The van der Waals surface area contributed by atoms with Crippen molar-refractivity contribution < 1.29 is 19.4 Å². The maximum atomic E-state index is 10.7. The van der Waals surface area contributed by atoms with E-state index in [4.69, 9.17) is 9.47 Å². The first kappa shape index (κ1) is 14.4. The molecule has 0 aliphatic rings. The van der Waals surface area contributed by atoms with Crippen LogP contribution in [0.2, 0.25) is 0 Å². The van der Waals surface area contributed by atoms with Crippen LogP contribution < -0.4 is 9.47 Å². The minimum absolute atomic E-state index is 0.0711. The van der Waals surface area contributed by atoms with Crippen molar-refractivity contribution in [2.45, 2.75) is 6.61 Å². The zero-order valence-corrected chi connectivity index (χ0v) is 12.4. The van der Waals surface area contributed by atoms with Gasteiger partial charge >= 0.3 is 0 Å². The molecule has 0 radical (unpaired) electrons. The van der Waals surface area contributed by atoms with E-state index in [1.54, 1.807) is 13.2 Å². The van der Waals surface area contributed by atoms with Crippen molar-refractivity contribution in [1.82, 2.24) is 0 Å². The van der Waals surface area contributed by atoms with Gasteiger partial charge in [0.15, 0.2) is 17.8 Å². The third-order valence-corrected chi connectivity index (χ3v) is 3.42. The Morgan fingerprint density at radius 1 is 1.30 bits per heavy atom. The molecule has 0 heterocycles. The highest BCUT2D eigenvalue weighted by Gasteiger charge is 2.08. The molecule has 0 aromatic heterocycles. The molecule has 2 rings (SSSR count). The number of hydrogen-bond acceptors (Lipinski definition) is 4. The molecule has 0 aliphatic carbocycles. The second-order valence-corrected chi connectivity index (χ2v) is 4.95. The van der Waals surface area contributed by atoms with Crippen LogP contribution >= 0.6 is 15.9 Å². The number of rotatable bonds is 5. The summed E-state index contributed by atoms with van der Waals surface area (Å²) in [6.45, 7) is 0.289. The van der Waals surface area contributed by atoms with E-state index >= 15 is 0 Å². The Labute approximate surface area is 125 Å². The van der Waals surface area contributed by atoms with E-state index < -0.39 is 0 Å². The van der Waals surface area contributed by atoms with E-state index in [0.717, 1.165) is 11.3 Å². The summed E-state index contributed by atoms with van der Waals surface area (Å²) in [5.74, 6) is 0.983. The number of methoxy groups -OCH3 is 1. The van der Waals surface area contributed by atoms with Gasteiger partial charge in [0, 0.05) is 10.0 Å². The van der Waals surface area contributed by atoms with Crippen LogP contribution in [0.4, 0.5) is 0 Å². The maximum absolute atomic E-state index is 10.7. The molecule has 0 saturated carbocycles. The summed E-state index contributed by atoms with van der Waals surface area (Å²) >= 11 is 3.25. The molecule has 0 unspecified atom stereocenters. The monoisotopic (exact) mass is 336 g/mol. The van der Waals surface area contributed by atoms with Crippen molar-refractivity contribution in [1.29, 1.82) is 0 Å². The van der Waals surface area contributed by atoms with Crippen LogP contribution in [0, 0.1) is 0 Å². The van der Waals surface area contributed by atoms with Crippen LogP contribution in [-0.2, 0) is 6.61 Å². The van der Waals surface area contributed by atoms with E-state index in [1.807, 2.05) is 24.3 Å². The molecule has 5 heteroatoms. The lowest BCUT2D eigenvalue weighted by molar-refractivity contribution is 0.112. The number of aromatic hydroxyl groups is 1. The second kappa shape index (κ2) is 6.43. The highest BCUT2D eigenvalue weighted by Crippen LogP contribution is 2.32. The van der Waals surface area contributed by atoms with E-state index in [0.29, 0.717) is 22.1 Å². The van der Waals surface area contributed by atoms with Gasteiger partial charge in [-0.1, -0.05) is 12.1 Å². The lowest BCUT2D eigenvalue weighted by Crippen LogP contribution is -1.97. The lowest BCUT2D eigenvalue weighted by Gasteiger charge is -2.10. The number of phenols is 1. The highest BCUT2D eigenvalue weighted by molar-refractivity contribution is 9.10. The Hall–Kier alpha value is -2.01. The maximum Gasteiger partial charge on any atom is 0.162 e. The summed E-state index contributed by atoms with van der Waals surface area (Å²) < 4.78 is 11.3. The van der Waals surface area contributed by atoms with E-state index in [9.17, 15) is 9.90 Å². The molecule has 4 nitrogen and oxygen atoms in total. The number of carbonyl (C=O) groups excluding carboxylic acids is 1.